The van der Waals surface area contributed by atoms with Gasteiger partial charge in [0.15, 0.2) is 11.6 Å². The molecule has 0 fully saturated rings. The minimum atomic E-state index is -0.361. The minimum absolute atomic E-state index is 0.0176. The van der Waals surface area contributed by atoms with Gasteiger partial charge < -0.3 is 9.67 Å². The smallest absolute Gasteiger partial charge is 0.165 e. The molecule has 0 aliphatic heterocycles. The van der Waals surface area contributed by atoms with Crippen molar-refractivity contribution < 1.29 is 14.7 Å². The molecule has 0 saturated heterocycles. The van der Waals surface area contributed by atoms with Crippen LogP contribution in [-0.4, -0.2) is 27.8 Å². The van der Waals surface area contributed by atoms with Crippen molar-refractivity contribution in [2.45, 2.75) is 58.9 Å². The Bertz CT molecular complexity index is 851. The Hall–Kier alpha value is -1.46. The van der Waals surface area contributed by atoms with E-state index in [0.29, 0.717) is 12.8 Å². The van der Waals surface area contributed by atoms with Crippen LogP contribution in [0.5, 0.6) is 0 Å². The van der Waals surface area contributed by atoms with Crippen LogP contribution in [0.1, 0.15) is 62.0 Å². The van der Waals surface area contributed by atoms with E-state index in [1.54, 1.807) is 0 Å². The van der Waals surface area contributed by atoms with E-state index in [-0.39, 0.29) is 23.6 Å². The number of hydrogen-bond acceptors (Lipinski definition) is 3. The highest BCUT2D eigenvalue weighted by Crippen LogP contribution is 2.41. The summed E-state index contributed by atoms with van der Waals surface area (Å²) >= 11 is 3.67. The normalized spacial score (nSPS) is 16.1. The number of ketones is 2. The standard InChI is InChI=1S/C21H26BrNO3/c1-21(2)11-17-19(18(26)12-21)15-8-6-9-16(22)20(15)23(17)10-5-3-4-7-14(25)13-24/h6,8-9,24H,3-5,7,10-13H2,1-2H3. The molecular weight excluding hydrogens is 394 g/mol. The van der Waals surface area contributed by atoms with Gasteiger partial charge in [-0.05, 0) is 46.7 Å². The topological polar surface area (TPSA) is 59.3 Å². The first-order valence-corrected chi connectivity index (χ1v) is 10.1. The predicted molar refractivity (Wildman–Crippen MR) is 107 cm³/mol. The molecule has 4 nitrogen and oxygen atoms in total. The molecule has 1 aliphatic rings. The van der Waals surface area contributed by atoms with E-state index in [2.05, 4.69) is 34.3 Å². The lowest BCUT2D eigenvalue weighted by Crippen LogP contribution is -2.28. The lowest BCUT2D eigenvalue weighted by Gasteiger charge is -2.30. The highest BCUT2D eigenvalue weighted by Gasteiger charge is 2.35. The maximum Gasteiger partial charge on any atom is 0.165 e. The van der Waals surface area contributed by atoms with E-state index >= 15 is 0 Å². The Morgan fingerprint density at radius 2 is 2.00 bits per heavy atom. The number of aliphatic hydroxyl groups excluding tert-OH is 1. The summed E-state index contributed by atoms with van der Waals surface area (Å²) in [6.07, 6.45) is 4.61. The van der Waals surface area contributed by atoms with Crippen LogP contribution >= 0.6 is 15.9 Å². The van der Waals surface area contributed by atoms with Gasteiger partial charge in [-0.25, -0.2) is 0 Å². The fourth-order valence-electron chi connectivity index (χ4n) is 4.05. The number of Topliss-reactive ketones (excluding diaryl/α,β-unsaturated/α-hetero) is 2. The molecule has 0 radical (unpaired) electrons. The predicted octanol–water partition coefficient (Wildman–Crippen LogP) is 4.68. The van der Waals surface area contributed by atoms with Crippen molar-refractivity contribution in [1.82, 2.24) is 4.57 Å². The van der Waals surface area contributed by atoms with E-state index in [4.69, 9.17) is 5.11 Å². The molecule has 5 heteroatoms. The fourth-order valence-corrected chi connectivity index (χ4v) is 4.63. The van der Waals surface area contributed by atoms with Gasteiger partial charge in [0.05, 0.1) is 5.52 Å². The molecule has 1 heterocycles. The molecule has 1 aromatic carbocycles. The van der Waals surface area contributed by atoms with Gasteiger partial charge in [-0.15, -0.1) is 0 Å². The number of carbonyl (C=O) groups is 2. The molecule has 1 aliphatic carbocycles. The van der Waals surface area contributed by atoms with Crippen molar-refractivity contribution in [2.24, 2.45) is 5.41 Å². The van der Waals surface area contributed by atoms with Crippen LogP contribution in [0.2, 0.25) is 0 Å². The number of carbonyl (C=O) groups excluding carboxylic acids is 2. The molecule has 0 saturated carbocycles. The molecule has 3 rings (SSSR count). The summed E-state index contributed by atoms with van der Waals surface area (Å²) in [5.41, 5.74) is 3.14. The van der Waals surface area contributed by atoms with Crippen molar-refractivity contribution in [1.29, 1.82) is 0 Å². The first kappa shape index (κ1) is 19.3. The Labute approximate surface area is 162 Å². The van der Waals surface area contributed by atoms with Crippen molar-refractivity contribution in [3.05, 3.63) is 33.9 Å². The van der Waals surface area contributed by atoms with Crippen LogP contribution in [0, 0.1) is 5.41 Å². The van der Waals surface area contributed by atoms with Gasteiger partial charge >= 0.3 is 0 Å². The summed E-state index contributed by atoms with van der Waals surface area (Å²) in [6.45, 7) is 4.79. The quantitative estimate of drug-likeness (QED) is 0.662. The second-order valence-electron chi connectivity index (χ2n) is 8.06. The summed E-state index contributed by atoms with van der Waals surface area (Å²) in [7, 11) is 0. The number of aromatic nitrogens is 1. The molecular formula is C21H26BrNO3. The van der Waals surface area contributed by atoms with Crippen LogP contribution in [0.25, 0.3) is 10.9 Å². The van der Waals surface area contributed by atoms with Crippen LogP contribution in [0.4, 0.5) is 0 Å². The summed E-state index contributed by atoms with van der Waals surface area (Å²) < 4.78 is 3.33. The highest BCUT2D eigenvalue weighted by atomic mass is 79.9. The number of hydrogen-bond donors (Lipinski definition) is 1. The Morgan fingerprint density at radius 1 is 1.23 bits per heavy atom. The monoisotopic (exact) mass is 419 g/mol. The van der Waals surface area contributed by atoms with Crippen LogP contribution in [0.3, 0.4) is 0 Å². The molecule has 0 bridgehead atoms. The molecule has 140 valence electrons. The first-order chi connectivity index (χ1) is 12.3. The lowest BCUT2D eigenvalue weighted by molar-refractivity contribution is -0.121. The van der Waals surface area contributed by atoms with Gasteiger partial charge in [-0.2, -0.15) is 0 Å². The number of nitrogens with zero attached hydrogens (tertiary/aromatic N) is 1. The van der Waals surface area contributed by atoms with Crippen molar-refractivity contribution in [3.8, 4) is 0 Å². The third-order valence-electron chi connectivity index (χ3n) is 5.22. The SMILES string of the molecule is CC1(C)CC(=O)c2c(n(CCCCCC(=O)CO)c3c(Br)cccc23)C1. The zero-order chi connectivity index (χ0) is 18.9. The number of para-hydroxylation sites is 1. The van der Waals surface area contributed by atoms with E-state index < -0.39 is 0 Å². The summed E-state index contributed by atoms with van der Waals surface area (Å²) in [5.74, 6) is 0.149. The number of rotatable bonds is 7. The lowest BCUT2D eigenvalue weighted by atomic mass is 9.75. The molecule has 2 aromatic rings. The van der Waals surface area contributed by atoms with Gasteiger partial charge in [0, 0.05) is 40.5 Å². The highest BCUT2D eigenvalue weighted by molar-refractivity contribution is 9.10. The third-order valence-corrected chi connectivity index (χ3v) is 5.86. The number of halogens is 1. The van der Waals surface area contributed by atoms with Crippen molar-refractivity contribution >= 4 is 38.4 Å². The maximum absolute atomic E-state index is 12.8. The zero-order valence-corrected chi connectivity index (χ0v) is 17.1. The van der Waals surface area contributed by atoms with E-state index in [0.717, 1.165) is 58.9 Å². The second kappa shape index (κ2) is 7.65. The molecule has 0 unspecified atom stereocenters. The largest absolute Gasteiger partial charge is 0.389 e. The van der Waals surface area contributed by atoms with E-state index in [1.165, 1.54) is 0 Å². The number of benzene rings is 1. The van der Waals surface area contributed by atoms with Gasteiger partial charge in [0.1, 0.15) is 6.61 Å². The molecule has 0 amide bonds. The van der Waals surface area contributed by atoms with Gasteiger partial charge in [-0.3, -0.25) is 9.59 Å². The molecule has 1 aromatic heterocycles. The fraction of sp³-hybridized carbons (Fsp3) is 0.524. The molecule has 1 N–H and O–H groups in total. The summed E-state index contributed by atoms with van der Waals surface area (Å²) in [4.78, 5) is 24.1. The Kier molecular flexibility index (Phi) is 5.68. The summed E-state index contributed by atoms with van der Waals surface area (Å²) in [5, 5.41) is 9.85. The Morgan fingerprint density at radius 3 is 2.73 bits per heavy atom. The number of aryl methyl sites for hydroxylation is 1. The van der Waals surface area contributed by atoms with Crippen LogP contribution < -0.4 is 0 Å². The Balaban J connectivity index is 1.89. The number of aliphatic hydroxyl groups is 1. The molecule has 26 heavy (non-hydrogen) atoms. The van der Waals surface area contributed by atoms with Gasteiger partial charge in [-0.1, -0.05) is 32.4 Å². The van der Waals surface area contributed by atoms with E-state index in [1.807, 2.05) is 18.2 Å². The first-order valence-electron chi connectivity index (χ1n) is 9.29. The summed E-state index contributed by atoms with van der Waals surface area (Å²) in [6, 6.07) is 6.07. The van der Waals surface area contributed by atoms with Gasteiger partial charge in [0.25, 0.3) is 0 Å². The van der Waals surface area contributed by atoms with E-state index in [9.17, 15) is 9.59 Å². The molecule has 0 atom stereocenters. The second-order valence-corrected chi connectivity index (χ2v) is 8.91. The average Bonchev–Trinajstić information content (AvgIpc) is 2.88. The van der Waals surface area contributed by atoms with Crippen LogP contribution in [-0.2, 0) is 17.8 Å². The number of fused-ring (bicyclic) bond motifs is 3. The third kappa shape index (κ3) is 3.79. The van der Waals surface area contributed by atoms with Crippen LogP contribution in [0.15, 0.2) is 22.7 Å². The van der Waals surface area contributed by atoms with Gasteiger partial charge in [0.2, 0.25) is 0 Å². The zero-order valence-electron chi connectivity index (χ0n) is 15.5. The molecule has 0 spiro atoms. The van der Waals surface area contributed by atoms with Crippen molar-refractivity contribution in [2.75, 3.05) is 6.61 Å². The maximum atomic E-state index is 12.8. The van der Waals surface area contributed by atoms with Crippen molar-refractivity contribution in [3.63, 3.8) is 0 Å². The minimum Gasteiger partial charge on any atom is -0.389 e. The average molecular weight is 420 g/mol. The number of unbranched alkanes of at least 4 members (excludes halogenated alkanes) is 2.